The highest BCUT2D eigenvalue weighted by Crippen LogP contribution is 2.16. The number of carbonyl (C=O) groups is 2. The Kier molecular flexibility index (Phi) is 4.80. The van der Waals surface area contributed by atoms with Crippen molar-refractivity contribution in [1.29, 1.82) is 0 Å². The molecule has 92 valence electrons. The summed E-state index contributed by atoms with van der Waals surface area (Å²) in [5.74, 6) is -2.11. The molecule has 0 spiro atoms. The van der Waals surface area contributed by atoms with Gasteiger partial charge < -0.3 is 10.8 Å². The zero-order chi connectivity index (χ0) is 12.8. The normalized spacial score (nSPS) is 11.6. The van der Waals surface area contributed by atoms with Crippen LogP contribution in [0.25, 0.3) is 0 Å². The fraction of sp³-hybridized carbons (Fsp3) is 0.200. The van der Waals surface area contributed by atoms with E-state index in [0.29, 0.717) is 0 Å². The molecular weight excluding hydrogens is 246 g/mol. The molecule has 1 rings (SSSR count). The van der Waals surface area contributed by atoms with Gasteiger partial charge in [-0.2, -0.15) is 12.6 Å². The Morgan fingerprint density at radius 3 is 2.59 bits per heavy atom. The highest BCUT2D eigenvalue weighted by atomic mass is 32.1. The lowest BCUT2D eigenvalue weighted by Crippen LogP contribution is -2.34. The summed E-state index contributed by atoms with van der Waals surface area (Å²) in [5, 5.41) is 9.32. The Hall–Kier alpha value is -1.73. The lowest BCUT2D eigenvalue weighted by atomic mass is 10.2. The van der Waals surface area contributed by atoms with Crippen LogP contribution in [0, 0.1) is 0 Å². The number of thiol groups is 1. The molecule has 0 saturated heterocycles. The second-order valence-electron chi connectivity index (χ2n) is 3.08. The lowest BCUT2D eigenvalue weighted by molar-refractivity contribution is -0.234. The van der Waals surface area contributed by atoms with Gasteiger partial charge in [0, 0.05) is 5.75 Å². The third-order valence-electron chi connectivity index (χ3n) is 1.82. The number of hydrogen-bond acceptors (Lipinski definition) is 7. The molecule has 0 aliphatic carbocycles. The summed E-state index contributed by atoms with van der Waals surface area (Å²) in [4.78, 5) is 30.8. The Morgan fingerprint density at radius 1 is 1.35 bits per heavy atom. The fourth-order valence-corrected chi connectivity index (χ4v) is 1.06. The summed E-state index contributed by atoms with van der Waals surface area (Å²) in [7, 11) is 0. The first-order chi connectivity index (χ1) is 8.06. The molecule has 0 bridgehead atoms. The third-order valence-corrected chi connectivity index (χ3v) is 2.22. The van der Waals surface area contributed by atoms with Crippen LogP contribution in [0.5, 0.6) is 5.75 Å². The van der Waals surface area contributed by atoms with Crippen LogP contribution in [0.4, 0.5) is 0 Å². The van der Waals surface area contributed by atoms with Crippen LogP contribution in [0.15, 0.2) is 24.3 Å². The number of benzene rings is 1. The van der Waals surface area contributed by atoms with Crippen molar-refractivity contribution in [3.8, 4) is 5.75 Å². The predicted molar refractivity (Wildman–Crippen MR) is 61.4 cm³/mol. The highest BCUT2D eigenvalue weighted by molar-refractivity contribution is 7.80. The van der Waals surface area contributed by atoms with Crippen LogP contribution in [0.3, 0.4) is 0 Å². The van der Waals surface area contributed by atoms with Crippen molar-refractivity contribution in [1.82, 2.24) is 0 Å². The van der Waals surface area contributed by atoms with Gasteiger partial charge in [0.05, 0.1) is 0 Å². The first kappa shape index (κ1) is 13.3. The summed E-state index contributed by atoms with van der Waals surface area (Å²) in [6.45, 7) is 0. The number of hydrogen-bond donors (Lipinski definition) is 3. The Labute approximate surface area is 103 Å². The largest absolute Gasteiger partial charge is 0.507 e. The van der Waals surface area contributed by atoms with E-state index in [1.165, 1.54) is 24.3 Å². The Morgan fingerprint density at radius 2 is 2.00 bits per heavy atom. The SMILES string of the molecule is NC(CS)C(=O)OOC(=O)c1ccccc1O. The van der Waals surface area contributed by atoms with E-state index >= 15 is 0 Å². The summed E-state index contributed by atoms with van der Waals surface area (Å²) < 4.78 is 0. The van der Waals surface area contributed by atoms with Crippen LogP contribution in [-0.2, 0) is 14.6 Å². The predicted octanol–water partition coefficient (Wildman–Crippen LogP) is 0.264. The third kappa shape index (κ3) is 3.65. The molecule has 6 nitrogen and oxygen atoms in total. The molecule has 0 amide bonds. The molecule has 7 heteroatoms. The molecule has 0 aliphatic rings. The molecule has 1 unspecified atom stereocenters. The van der Waals surface area contributed by atoms with Gasteiger partial charge in [0.15, 0.2) is 0 Å². The molecule has 3 N–H and O–H groups in total. The molecule has 0 radical (unpaired) electrons. The average molecular weight is 257 g/mol. The van der Waals surface area contributed by atoms with Gasteiger partial charge >= 0.3 is 11.9 Å². The van der Waals surface area contributed by atoms with Gasteiger partial charge in [-0.1, -0.05) is 12.1 Å². The van der Waals surface area contributed by atoms with Crippen molar-refractivity contribution in [2.75, 3.05) is 5.75 Å². The molecule has 1 atom stereocenters. The van der Waals surface area contributed by atoms with E-state index < -0.39 is 18.0 Å². The highest BCUT2D eigenvalue weighted by Gasteiger charge is 2.19. The van der Waals surface area contributed by atoms with E-state index in [0.717, 1.165) is 0 Å². The number of carbonyl (C=O) groups excluding carboxylic acids is 2. The number of phenolic OH excluding ortho intramolecular Hbond substituents is 1. The molecule has 17 heavy (non-hydrogen) atoms. The minimum Gasteiger partial charge on any atom is -0.507 e. The quantitative estimate of drug-likeness (QED) is 0.408. The number of aromatic hydroxyl groups is 1. The fourth-order valence-electron chi connectivity index (χ4n) is 0.906. The van der Waals surface area contributed by atoms with E-state index in [4.69, 9.17) is 5.73 Å². The Bertz CT molecular complexity index is 423. The second kappa shape index (κ2) is 6.12. The van der Waals surface area contributed by atoms with Crippen LogP contribution < -0.4 is 5.73 Å². The molecule has 0 aromatic heterocycles. The zero-order valence-corrected chi connectivity index (χ0v) is 9.59. The molecular formula is C10H11NO5S. The van der Waals surface area contributed by atoms with E-state index in [1.54, 1.807) is 0 Å². The van der Waals surface area contributed by atoms with E-state index in [2.05, 4.69) is 22.4 Å². The lowest BCUT2D eigenvalue weighted by Gasteiger charge is -2.07. The smallest absolute Gasteiger partial charge is 0.390 e. The van der Waals surface area contributed by atoms with Gasteiger partial charge in [-0.05, 0) is 12.1 Å². The summed E-state index contributed by atoms with van der Waals surface area (Å²) in [5.41, 5.74) is 5.17. The van der Waals surface area contributed by atoms with Gasteiger partial charge in [-0.15, -0.1) is 0 Å². The molecule has 0 heterocycles. The number of nitrogens with two attached hydrogens (primary N) is 1. The molecule has 1 aromatic rings. The van der Waals surface area contributed by atoms with E-state index in [1.807, 2.05) is 0 Å². The van der Waals surface area contributed by atoms with Crippen LogP contribution in [-0.4, -0.2) is 28.8 Å². The summed E-state index contributed by atoms with van der Waals surface area (Å²) >= 11 is 3.78. The maximum Gasteiger partial charge on any atom is 0.390 e. The van der Waals surface area contributed by atoms with Crippen LogP contribution in [0.1, 0.15) is 10.4 Å². The first-order valence-corrected chi connectivity index (χ1v) is 5.26. The second-order valence-corrected chi connectivity index (χ2v) is 3.44. The van der Waals surface area contributed by atoms with Gasteiger partial charge in [-0.25, -0.2) is 19.4 Å². The Balaban J connectivity index is 2.57. The summed E-state index contributed by atoms with van der Waals surface area (Å²) in [6.07, 6.45) is 0. The van der Waals surface area contributed by atoms with E-state index in [9.17, 15) is 14.7 Å². The molecule has 0 aliphatic heterocycles. The van der Waals surface area contributed by atoms with Crippen LogP contribution >= 0.6 is 12.6 Å². The van der Waals surface area contributed by atoms with Crippen molar-refractivity contribution < 1.29 is 24.5 Å². The molecule has 0 fully saturated rings. The van der Waals surface area contributed by atoms with Crippen molar-refractivity contribution in [3.63, 3.8) is 0 Å². The topological polar surface area (TPSA) is 98.9 Å². The van der Waals surface area contributed by atoms with Crippen molar-refractivity contribution in [3.05, 3.63) is 29.8 Å². The minimum atomic E-state index is -0.984. The van der Waals surface area contributed by atoms with Gasteiger partial charge in [0.1, 0.15) is 17.4 Å². The monoisotopic (exact) mass is 257 g/mol. The molecule has 0 saturated carbocycles. The number of rotatable bonds is 3. The van der Waals surface area contributed by atoms with Crippen molar-refractivity contribution in [2.45, 2.75) is 6.04 Å². The standard InChI is InChI=1S/C10H11NO5S/c11-7(5-17)10(14)16-15-9(13)6-3-1-2-4-8(6)12/h1-4,7,12,17H,5,11H2. The number of para-hydroxylation sites is 1. The average Bonchev–Trinajstić information content (AvgIpc) is 2.35. The van der Waals surface area contributed by atoms with Gasteiger partial charge in [0.25, 0.3) is 0 Å². The van der Waals surface area contributed by atoms with Gasteiger partial charge in [0.2, 0.25) is 0 Å². The number of phenols is 1. The van der Waals surface area contributed by atoms with Crippen molar-refractivity contribution >= 4 is 24.6 Å². The maximum absolute atomic E-state index is 11.4. The van der Waals surface area contributed by atoms with Crippen molar-refractivity contribution in [2.24, 2.45) is 5.73 Å². The van der Waals surface area contributed by atoms with E-state index in [-0.39, 0.29) is 17.1 Å². The molecule has 1 aromatic carbocycles. The van der Waals surface area contributed by atoms with Gasteiger partial charge in [-0.3, -0.25) is 0 Å². The zero-order valence-electron chi connectivity index (χ0n) is 8.70. The first-order valence-electron chi connectivity index (χ1n) is 4.63. The van der Waals surface area contributed by atoms with Crippen LogP contribution in [0.2, 0.25) is 0 Å². The minimum absolute atomic E-state index is 0.0625. The maximum atomic E-state index is 11.4. The summed E-state index contributed by atoms with van der Waals surface area (Å²) in [6, 6.07) is 4.71.